The van der Waals surface area contributed by atoms with Crippen molar-refractivity contribution in [2.24, 2.45) is 0 Å². The van der Waals surface area contributed by atoms with Gasteiger partial charge in [0.05, 0.1) is 15.9 Å². The maximum atomic E-state index is 12.4. The van der Waals surface area contributed by atoms with E-state index in [1.807, 2.05) is 0 Å². The highest BCUT2D eigenvalue weighted by Gasteiger charge is 2.19. The van der Waals surface area contributed by atoms with Crippen LogP contribution in [0.25, 0.3) is 0 Å². The van der Waals surface area contributed by atoms with Crippen LogP contribution in [0.1, 0.15) is 10.4 Å². The van der Waals surface area contributed by atoms with E-state index in [-0.39, 0.29) is 22.3 Å². The number of carbonyl (C=O) groups is 2. The minimum absolute atomic E-state index is 0.118. The summed E-state index contributed by atoms with van der Waals surface area (Å²) in [6, 6.07) is 10.7. The van der Waals surface area contributed by atoms with Crippen LogP contribution in [-0.4, -0.2) is 35.2 Å². The van der Waals surface area contributed by atoms with Crippen LogP contribution in [0.2, 0.25) is 5.02 Å². The molecule has 1 N–H and O–H groups in total. The molecule has 0 aliphatic carbocycles. The number of nitro groups is 1. The number of likely N-dealkylation sites (N-methyl/N-ethyl adjacent to an activating group) is 1. The van der Waals surface area contributed by atoms with Crippen molar-refractivity contribution in [1.29, 1.82) is 0 Å². The topological polar surface area (TPSA) is 92.6 Å². The summed E-state index contributed by atoms with van der Waals surface area (Å²) in [6.07, 6.45) is 0. The van der Waals surface area contributed by atoms with E-state index in [1.54, 1.807) is 24.3 Å². The van der Waals surface area contributed by atoms with Crippen LogP contribution in [-0.2, 0) is 4.79 Å². The molecule has 0 fully saturated rings. The van der Waals surface area contributed by atoms with Crippen molar-refractivity contribution in [2.45, 2.75) is 0 Å². The molecule has 0 aliphatic heterocycles. The number of nitro benzene ring substituents is 1. The van der Waals surface area contributed by atoms with Gasteiger partial charge >= 0.3 is 0 Å². The zero-order chi connectivity index (χ0) is 18.6. The standard InChI is InChI=1S/C16H13BrClN3O4/c1-20(9-15(22)19-12-4-2-3-11(18)8-12)16(23)10-5-6-13(17)14(7-10)21(24)25/h2-8H,9H2,1H3,(H,19,22). The molecule has 0 heterocycles. The Kier molecular flexibility index (Phi) is 6.11. The third-order valence-electron chi connectivity index (χ3n) is 3.23. The molecule has 0 aliphatic rings. The summed E-state index contributed by atoms with van der Waals surface area (Å²) < 4.78 is 0.274. The first-order valence-electron chi connectivity index (χ1n) is 7.02. The van der Waals surface area contributed by atoms with Gasteiger partial charge in [0.2, 0.25) is 5.91 Å². The van der Waals surface area contributed by atoms with Gasteiger partial charge in [-0.1, -0.05) is 17.7 Å². The van der Waals surface area contributed by atoms with Crippen molar-refractivity contribution in [3.05, 3.63) is 67.6 Å². The number of nitrogens with one attached hydrogen (secondary N) is 1. The molecule has 0 atom stereocenters. The summed E-state index contributed by atoms with van der Waals surface area (Å²) in [5, 5.41) is 14.1. The summed E-state index contributed by atoms with van der Waals surface area (Å²) in [6.45, 7) is -0.213. The number of nitrogens with zero attached hydrogens (tertiary/aromatic N) is 2. The molecule has 2 aromatic rings. The van der Waals surface area contributed by atoms with Gasteiger partial charge < -0.3 is 10.2 Å². The maximum absolute atomic E-state index is 12.4. The average molecular weight is 427 g/mol. The van der Waals surface area contributed by atoms with Crippen LogP contribution >= 0.6 is 27.5 Å². The first-order chi connectivity index (χ1) is 11.8. The van der Waals surface area contributed by atoms with Crippen molar-refractivity contribution in [2.75, 3.05) is 18.9 Å². The molecule has 130 valence electrons. The molecular weight excluding hydrogens is 414 g/mol. The smallest absolute Gasteiger partial charge is 0.284 e. The van der Waals surface area contributed by atoms with Crippen molar-refractivity contribution in [3.8, 4) is 0 Å². The number of benzene rings is 2. The second-order valence-electron chi connectivity index (χ2n) is 5.14. The van der Waals surface area contributed by atoms with E-state index >= 15 is 0 Å². The van der Waals surface area contributed by atoms with Gasteiger partial charge in [-0.15, -0.1) is 0 Å². The van der Waals surface area contributed by atoms with E-state index in [0.717, 1.165) is 6.07 Å². The van der Waals surface area contributed by atoms with E-state index in [2.05, 4.69) is 21.2 Å². The van der Waals surface area contributed by atoms with Gasteiger partial charge in [-0.25, -0.2) is 0 Å². The van der Waals surface area contributed by atoms with Gasteiger partial charge in [0.1, 0.15) is 0 Å². The molecule has 0 unspecified atom stereocenters. The van der Waals surface area contributed by atoms with Crippen LogP contribution in [0, 0.1) is 10.1 Å². The summed E-state index contributed by atoms with van der Waals surface area (Å²) in [4.78, 5) is 35.9. The number of hydrogen-bond acceptors (Lipinski definition) is 4. The fourth-order valence-corrected chi connectivity index (χ4v) is 2.64. The molecule has 2 rings (SSSR count). The quantitative estimate of drug-likeness (QED) is 0.582. The van der Waals surface area contributed by atoms with E-state index < -0.39 is 16.7 Å². The SMILES string of the molecule is CN(CC(=O)Nc1cccc(Cl)c1)C(=O)c1ccc(Br)c([N+](=O)[O-])c1. The molecule has 0 radical (unpaired) electrons. The number of hydrogen-bond donors (Lipinski definition) is 1. The Morgan fingerprint density at radius 2 is 2.00 bits per heavy atom. The zero-order valence-electron chi connectivity index (χ0n) is 13.0. The lowest BCUT2D eigenvalue weighted by atomic mass is 10.2. The highest BCUT2D eigenvalue weighted by atomic mass is 79.9. The van der Waals surface area contributed by atoms with E-state index in [4.69, 9.17) is 11.6 Å². The first-order valence-corrected chi connectivity index (χ1v) is 8.20. The Morgan fingerprint density at radius 1 is 1.28 bits per heavy atom. The molecule has 2 aromatic carbocycles. The fourth-order valence-electron chi connectivity index (χ4n) is 2.06. The van der Waals surface area contributed by atoms with E-state index in [9.17, 15) is 19.7 Å². The number of carbonyl (C=O) groups excluding carboxylic acids is 2. The molecule has 0 spiro atoms. The predicted molar refractivity (Wildman–Crippen MR) is 97.8 cm³/mol. The second kappa shape index (κ2) is 8.09. The largest absolute Gasteiger partial charge is 0.332 e. The Bertz CT molecular complexity index is 844. The predicted octanol–water partition coefficient (Wildman–Crippen LogP) is 3.72. The van der Waals surface area contributed by atoms with Crippen LogP contribution in [0.3, 0.4) is 0 Å². The average Bonchev–Trinajstić information content (AvgIpc) is 2.54. The molecule has 0 saturated heterocycles. The molecule has 7 nitrogen and oxygen atoms in total. The van der Waals surface area contributed by atoms with Crippen LogP contribution < -0.4 is 5.32 Å². The Labute approximate surface area is 156 Å². The third kappa shape index (κ3) is 5.01. The summed E-state index contributed by atoms with van der Waals surface area (Å²) in [7, 11) is 1.44. The monoisotopic (exact) mass is 425 g/mol. The number of halogens is 2. The second-order valence-corrected chi connectivity index (χ2v) is 6.43. The normalized spacial score (nSPS) is 10.2. The van der Waals surface area contributed by atoms with Crippen molar-refractivity contribution in [3.63, 3.8) is 0 Å². The third-order valence-corrected chi connectivity index (χ3v) is 4.13. The lowest BCUT2D eigenvalue weighted by Crippen LogP contribution is -2.34. The molecular formula is C16H13BrClN3O4. The highest BCUT2D eigenvalue weighted by Crippen LogP contribution is 2.26. The molecule has 0 bridgehead atoms. The molecule has 0 saturated carbocycles. The minimum atomic E-state index is -0.591. The zero-order valence-corrected chi connectivity index (χ0v) is 15.4. The molecule has 25 heavy (non-hydrogen) atoms. The number of anilines is 1. The van der Waals surface area contributed by atoms with Crippen LogP contribution in [0.4, 0.5) is 11.4 Å². The van der Waals surface area contributed by atoms with E-state index in [1.165, 1.54) is 24.1 Å². The number of amides is 2. The van der Waals surface area contributed by atoms with Crippen molar-refractivity contribution in [1.82, 2.24) is 4.90 Å². The summed E-state index contributed by atoms with van der Waals surface area (Å²) in [5.41, 5.74) is 0.410. The van der Waals surface area contributed by atoms with Gasteiger partial charge in [0.25, 0.3) is 11.6 Å². The van der Waals surface area contributed by atoms with Gasteiger partial charge in [0.15, 0.2) is 0 Å². The lowest BCUT2D eigenvalue weighted by Gasteiger charge is -2.17. The Balaban J connectivity index is 2.06. The Hall–Kier alpha value is -2.45. The van der Waals surface area contributed by atoms with Crippen molar-refractivity contribution >= 4 is 50.7 Å². The summed E-state index contributed by atoms with van der Waals surface area (Å²) >= 11 is 8.90. The minimum Gasteiger partial charge on any atom is -0.332 e. The van der Waals surface area contributed by atoms with Crippen molar-refractivity contribution < 1.29 is 14.5 Å². The summed E-state index contributed by atoms with van der Waals surface area (Å²) in [5.74, 6) is -0.915. The van der Waals surface area contributed by atoms with Crippen LogP contribution in [0.15, 0.2) is 46.9 Å². The van der Waals surface area contributed by atoms with Gasteiger partial charge in [-0.3, -0.25) is 19.7 Å². The van der Waals surface area contributed by atoms with Gasteiger partial charge in [-0.2, -0.15) is 0 Å². The van der Waals surface area contributed by atoms with Gasteiger partial charge in [0, 0.05) is 29.4 Å². The van der Waals surface area contributed by atoms with Crippen LogP contribution in [0.5, 0.6) is 0 Å². The van der Waals surface area contributed by atoms with Gasteiger partial charge in [-0.05, 0) is 46.3 Å². The molecule has 0 aromatic heterocycles. The fraction of sp³-hybridized carbons (Fsp3) is 0.125. The Morgan fingerprint density at radius 3 is 2.64 bits per heavy atom. The van der Waals surface area contributed by atoms with E-state index in [0.29, 0.717) is 10.7 Å². The maximum Gasteiger partial charge on any atom is 0.284 e. The lowest BCUT2D eigenvalue weighted by molar-refractivity contribution is -0.385. The number of rotatable bonds is 5. The molecule has 9 heteroatoms. The highest BCUT2D eigenvalue weighted by molar-refractivity contribution is 9.10. The molecule has 2 amide bonds. The first kappa shape index (κ1) is 18.9.